The highest BCUT2D eigenvalue weighted by atomic mass is 35.5. The fourth-order valence-corrected chi connectivity index (χ4v) is 5.48. The molecule has 0 bridgehead atoms. The number of hydrogen-bond donors (Lipinski definition) is 2. The summed E-state index contributed by atoms with van der Waals surface area (Å²) in [5.74, 6) is -0.148. The molecule has 0 spiro atoms. The van der Waals surface area contributed by atoms with Crippen molar-refractivity contribution < 1.29 is 15.0 Å². The quantitative estimate of drug-likeness (QED) is 0.593. The summed E-state index contributed by atoms with van der Waals surface area (Å²) in [5, 5.41) is 26.5. The molecule has 170 valence electrons. The minimum absolute atomic E-state index is 0.0446. The number of carbonyl (C=O) groups is 1. The smallest absolute Gasteiger partial charge is 0.227 e. The maximum atomic E-state index is 13.6. The number of carbonyl (C=O) groups excluding carboxylic acids is 1. The first-order valence-corrected chi connectivity index (χ1v) is 11.4. The number of amides is 1. The molecule has 0 saturated carbocycles. The Kier molecular flexibility index (Phi) is 6.01. The lowest BCUT2D eigenvalue weighted by atomic mass is 9.81. The number of nitrogens with zero attached hydrogens (tertiary/aromatic N) is 3. The Balaban J connectivity index is 1.74. The van der Waals surface area contributed by atoms with Crippen LogP contribution in [0.25, 0.3) is 10.9 Å². The molecule has 1 aromatic heterocycles. The van der Waals surface area contributed by atoms with E-state index in [2.05, 4.69) is 5.10 Å². The molecule has 2 heterocycles. The number of aliphatic hydroxyl groups is 2. The minimum atomic E-state index is -1.02. The van der Waals surface area contributed by atoms with Crippen molar-refractivity contribution in [2.75, 3.05) is 6.61 Å². The van der Waals surface area contributed by atoms with Gasteiger partial charge in [-0.15, -0.1) is 0 Å². The van der Waals surface area contributed by atoms with Crippen molar-refractivity contribution in [2.45, 2.75) is 51.3 Å². The number of hydrogen-bond acceptors (Lipinski definition) is 4. The van der Waals surface area contributed by atoms with E-state index in [-0.39, 0.29) is 25.0 Å². The molecule has 0 radical (unpaired) electrons. The highest BCUT2D eigenvalue weighted by Gasteiger charge is 2.37. The van der Waals surface area contributed by atoms with Gasteiger partial charge in [-0.2, -0.15) is 5.10 Å². The van der Waals surface area contributed by atoms with E-state index in [4.69, 9.17) is 23.2 Å². The highest BCUT2D eigenvalue weighted by Crippen LogP contribution is 2.39. The molecule has 1 aliphatic heterocycles. The molecule has 0 unspecified atom stereocenters. The molecule has 8 heteroatoms. The zero-order chi connectivity index (χ0) is 23.4. The number of halogens is 2. The van der Waals surface area contributed by atoms with Crippen LogP contribution in [0.2, 0.25) is 10.2 Å². The molecule has 4 rings (SSSR count). The monoisotopic (exact) mass is 475 g/mol. The molecule has 0 fully saturated rings. The molecule has 1 aliphatic rings. The lowest BCUT2D eigenvalue weighted by molar-refractivity contribution is -0.137. The van der Waals surface area contributed by atoms with Gasteiger partial charge in [-0.25, -0.2) is 0 Å². The van der Waals surface area contributed by atoms with E-state index >= 15 is 0 Å². The van der Waals surface area contributed by atoms with Gasteiger partial charge in [-0.05, 0) is 61.6 Å². The standard InChI is InChI=1S/C24H27Cl2N3O3/c1-13-15-6-5-7-18(24(2,3)32)16(15)10-14(12-30)29(13)21(31)11-17-19(25)8-9-20-22(17)23(26)27-28(20)4/h5-9,13-14,30,32H,10-12H2,1-4H3/t13-,14+/m0/s1. The molecule has 2 aromatic carbocycles. The third-order valence-electron chi connectivity index (χ3n) is 6.43. The number of aryl methyl sites for hydroxylation is 1. The van der Waals surface area contributed by atoms with E-state index < -0.39 is 11.6 Å². The SMILES string of the molecule is C[C@H]1c2cccc(C(C)(C)O)c2C[C@H](CO)N1C(=O)Cc1c(Cl)ccc2c1c(Cl)nn2C. The first-order valence-electron chi connectivity index (χ1n) is 10.6. The summed E-state index contributed by atoms with van der Waals surface area (Å²) in [5.41, 5.74) is 3.21. The van der Waals surface area contributed by atoms with Gasteiger partial charge in [0.15, 0.2) is 5.15 Å². The van der Waals surface area contributed by atoms with Crippen LogP contribution in [0.1, 0.15) is 49.1 Å². The Hall–Kier alpha value is -2.12. The van der Waals surface area contributed by atoms with Gasteiger partial charge in [0.2, 0.25) is 5.91 Å². The third-order valence-corrected chi connectivity index (χ3v) is 7.04. The van der Waals surface area contributed by atoms with E-state index in [1.807, 2.05) is 31.2 Å². The van der Waals surface area contributed by atoms with Crippen molar-refractivity contribution >= 4 is 40.0 Å². The number of fused-ring (bicyclic) bond motifs is 2. The van der Waals surface area contributed by atoms with Crippen molar-refractivity contribution in [1.29, 1.82) is 0 Å². The Labute approximate surface area is 197 Å². The molecule has 6 nitrogen and oxygen atoms in total. The largest absolute Gasteiger partial charge is 0.394 e. The predicted molar refractivity (Wildman–Crippen MR) is 126 cm³/mol. The van der Waals surface area contributed by atoms with E-state index in [1.54, 1.807) is 36.5 Å². The van der Waals surface area contributed by atoms with E-state index in [9.17, 15) is 15.0 Å². The Morgan fingerprint density at radius 2 is 1.97 bits per heavy atom. The second-order valence-electron chi connectivity index (χ2n) is 8.96. The average molecular weight is 476 g/mol. The van der Waals surface area contributed by atoms with Gasteiger partial charge in [0.1, 0.15) is 0 Å². The Morgan fingerprint density at radius 1 is 1.25 bits per heavy atom. The Bertz CT molecular complexity index is 1200. The Morgan fingerprint density at radius 3 is 2.62 bits per heavy atom. The molecule has 0 aliphatic carbocycles. The van der Waals surface area contributed by atoms with Gasteiger partial charge < -0.3 is 15.1 Å². The normalized spacial score (nSPS) is 18.8. The van der Waals surface area contributed by atoms with Crippen molar-refractivity contribution in [1.82, 2.24) is 14.7 Å². The topological polar surface area (TPSA) is 78.6 Å². The van der Waals surface area contributed by atoms with Crippen molar-refractivity contribution in [3.63, 3.8) is 0 Å². The van der Waals surface area contributed by atoms with Crippen molar-refractivity contribution in [3.05, 3.63) is 62.8 Å². The summed E-state index contributed by atoms with van der Waals surface area (Å²) in [6.45, 7) is 5.27. The highest BCUT2D eigenvalue weighted by molar-refractivity contribution is 6.37. The summed E-state index contributed by atoms with van der Waals surface area (Å²) in [6, 6.07) is 8.69. The van der Waals surface area contributed by atoms with Crippen LogP contribution in [0, 0.1) is 0 Å². The third kappa shape index (κ3) is 3.79. The van der Waals surface area contributed by atoms with Gasteiger partial charge in [-0.3, -0.25) is 9.48 Å². The van der Waals surface area contributed by atoms with E-state index in [0.717, 1.165) is 22.2 Å². The first kappa shape index (κ1) is 23.1. The molecular formula is C24H27Cl2N3O3. The van der Waals surface area contributed by atoms with Crippen molar-refractivity contribution in [2.24, 2.45) is 7.05 Å². The van der Waals surface area contributed by atoms with Crippen LogP contribution in [0.3, 0.4) is 0 Å². The maximum absolute atomic E-state index is 13.6. The van der Waals surface area contributed by atoms with Gasteiger partial charge in [-0.1, -0.05) is 41.4 Å². The van der Waals surface area contributed by atoms with Crippen LogP contribution in [0.4, 0.5) is 0 Å². The van der Waals surface area contributed by atoms with Gasteiger partial charge in [0, 0.05) is 17.5 Å². The zero-order valence-corrected chi connectivity index (χ0v) is 20.1. The molecular weight excluding hydrogens is 449 g/mol. The molecule has 2 N–H and O–H groups in total. The second kappa shape index (κ2) is 8.34. The number of rotatable bonds is 4. The predicted octanol–water partition coefficient (Wildman–Crippen LogP) is 4.16. The van der Waals surface area contributed by atoms with Crippen LogP contribution in [0.15, 0.2) is 30.3 Å². The maximum Gasteiger partial charge on any atom is 0.227 e. The fourth-order valence-electron chi connectivity index (χ4n) is 4.93. The molecule has 3 aromatic rings. The van der Waals surface area contributed by atoms with Gasteiger partial charge >= 0.3 is 0 Å². The zero-order valence-electron chi connectivity index (χ0n) is 18.6. The second-order valence-corrected chi connectivity index (χ2v) is 9.73. The fraction of sp³-hybridized carbons (Fsp3) is 0.417. The van der Waals surface area contributed by atoms with Crippen molar-refractivity contribution in [3.8, 4) is 0 Å². The number of aliphatic hydroxyl groups excluding tert-OH is 1. The van der Waals surface area contributed by atoms with Crippen LogP contribution in [-0.4, -0.2) is 43.4 Å². The lowest BCUT2D eigenvalue weighted by Crippen LogP contribution is -2.49. The van der Waals surface area contributed by atoms with E-state index in [0.29, 0.717) is 27.5 Å². The van der Waals surface area contributed by atoms with E-state index in [1.165, 1.54) is 0 Å². The van der Waals surface area contributed by atoms with Gasteiger partial charge in [0.25, 0.3) is 0 Å². The van der Waals surface area contributed by atoms with Gasteiger partial charge in [0.05, 0.1) is 36.2 Å². The molecule has 0 saturated heterocycles. The summed E-state index contributed by atoms with van der Waals surface area (Å²) in [7, 11) is 1.79. The minimum Gasteiger partial charge on any atom is -0.394 e. The van der Waals surface area contributed by atoms with Crippen LogP contribution in [-0.2, 0) is 30.3 Å². The molecule has 32 heavy (non-hydrogen) atoms. The summed E-state index contributed by atoms with van der Waals surface area (Å²) in [4.78, 5) is 15.3. The summed E-state index contributed by atoms with van der Waals surface area (Å²) < 4.78 is 1.66. The number of aromatic nitrogens is 2. The average Bonchev–Trinajstić information content (AvgIpc) is 3.02. The van der Waals surface area contributed by atoms with Crippen LogP contribution in [0.5, 0.6) is 0 Å². The molecule has 2 atom stereocenters. The lowest BCUT2D eigenvalue weighted by Gasteiger charge is -2.43. The summed E-state index contributed by atoms with van der Waals surface area (Å²) >= 11 is 12.8. The number of benzene rings is 2. The molecule has 1 amide bonds. The first-order chi connectivity index (χ1) is 15.0. The van der Waals surface area contributed by atoms with Crippen LogP contribution < -0.4 is 0 Å². The summed E-state index contributed by atoms with van der Waals surface area (Å²) in [6.07, 6.45) is 0.511. The van der Waals surface area contributed by atoms with Crippen LogP contribution >= 0.6 is 23.2 Å².